The number of ether oxygens (including phenoxy) is 1. The second-order valence-corrected chi connectivity index (χ2v) is 10.6. The molecular weight excluding hydrogens is 558 g/mol. The molecule has 0 bridgehead atoms. The van der Waals surface area contributed by atoms with E-state index < -0.39 is 21.6 Å². The maximum atomic E-state index is 15.1. The van der Waals surface area contributed by atoms with Crippen LogP contribution in [-0.4, -0.2) is 20.6 Å². The smallest absolute Gasteiger partial charge is 0.228 e. The number of sulfone groups is 1. The quantitative estimate of drug-likeness (QED) is 0.383. The lowest BCUT2D eigenvalue weighted by molar-refractivity contribution is -0.115. The molecule has 1 amide bonds. The summed E-state index contributed by atoms with van der Waals surface area (Å²) in [7, 11) is -3.46. The topological polar surface area (TPSA) is 96.3 Å². The van der Waals surface area contributed by atoms with Gasteiger partial charge in [0.2, 0.25) is 5.91 Å². The van der Waals surface area contributed by atoms with E-state index in [1.807, 2.05) is 6.07 Å². The van der Waals surface area contributed by atoms with Crippen molar-refractivity contribution in [1.82, 2.24) is 0 Å². The minimum absolute atomic E-state index is 0.00631. The van der Waals surface area contributed by atoms with Gasteiger partial charge >= 0.3 is 0 Å². The first kappa shape index (κ1) is 25.0. The first-order chi connectivity index (χ1) is 15.5. The molecule has 0 atom stereocenters. The Kier molecular flexibility index (Phi) is 7.65. The first-order valence-corrected chi connectivity index (χ1v) is 12.6. The summed E-state index contributed by atoms with van der Waals surface area (Å²) in [6.07, 6.45) is 0.690. The van der Waals surface area contributed by atoms with Crippen molar-refractivity contribution < 1.29 is 22.3 Å². The lowest BCUT2D eigenvalue weighted by Crippen LogP contribution is -2.16. The van der Waals surface area contributed by atoms with Crippen LogP contribution in [0.15, 0.2) is 57.9 Å². The molecule has 0 aliphatic heterocycles. The molecule has 6 nitrogen and oxygen atoms in total. The maximum absolute atomic E-state index is 15.1. The Bertz CT molecular complexity index is 1410. The van der Waals surface area contributed by atoms with Crippen LogP contribution >= 0.6 is 39.1 Å². The van der Waals surface area contributed by atoms with Crippen LogP contribution in [0.2, 0.25) is 10.0 Å². The van der Waals surface area contributed by atoms with Gasteiger partial charge in [-0.15, -0.1) is 0 Å². The highest BCUT2D eigenvalue weighted by Gasteiger charge is 2.18. The molecule has 0 aliphatic carbocycles. The lowest BCUT2D eigenvalue weighted by Gasteiger charge is -2.13. The molecule has 0 aliphatic rings. The molecule has 3 aromatic rings. The van der Waals surface area contributed by atoms with E-state index in [2.05, 4.69) is 21.2 Å². The molecule has 33 heavy (non-hydrogen) atoms. The number of rotatable bonds is 6. The van der Waals surface area contributed by atoms with Crippen molar-refractivity contribution in [2.24, 2.45) is 0 Å². The standard InChI is InChI=1S/C22H14BrCl2FN2O4S/c1-33(30,31)16-3-5-19(18(25)10-16)28-20(29)8-13-2-4-17(23)22(21(13)26)32-15-7-12(11-27)6-14(24)9-15/h2-7,9-10H,8H2,1H3,(H,28,29). The fourth-order valence-corrected chi connectivity index (χ4v) is 4.35. The van der Waals surface area contributed by atoms with E-state index in [0.717, 1.165) is 6.26 Å². The van der Waals surface area contributed by atoms with E-state index >= 15 is 4.39 Å². The van der Waals surface area contributed by atoms with Crippen molar-refractivity contribution in [1.29, 1.82) is 5.26 Å². The van der Waals surface area contributed by atoms with Gasteiger partial charge in [-0.05, 0) is 58.4 Å². The summed E-state index contributed by atoms with van der Waals surface area (Å²) in [5.41, 5.74) is 0.464. The normalized spacial score (nSPS) is 11.0. The molecule has 0 saturated carbocycles. The number of carbonyl (C=O) groups is 1. The fraction of sp³-hybridized carbons (Fsp3) is 0.0909. The summed E-state index contributed by atoms with van der Waals surface area (Å²) in [4.78, 5) is 12.5. The zero-order valence-corrected chi connectivity index (χ0v) is 20.7. The number of hydrogen-bond acceptors (Lipinski definition) is 5. The molecule has 0 spiro atoms. The molecular formula is C22H14BrCl2FN2O4S. The third-order valence-corrected chi connectivity index (χ3v) is 6.61. The number of nitrogens with zero attached hydrogens (tertiary/aromatic N) is 1. The van der Waals surface area contributed by atoms with E-state index in [4.69, 9.17) is 33.2 Å². The molecule has 0 aromatic heterocycles. The average Bonchev–Trinajstić information content (AvgIpc) is 2.73. The van der Waals surface area contributed by atoms with Gasteiger partial charge in [0.1, 0.15) is 5.75 Å². The summed E-state index contributed by atoms with van der Waals surface area (Å²) in [6.45, 7) is 0. The molecule has 170 valence electrons. The summed E-state index contributed by atoms with van der Waals surface area (Å²) in [5, 5.41) is 11.9. The monoisotopic (exact) mass is 570 g/mol. The van der Waals surface area contributed by atoms with Gasteiger partial charge in [-0.3, -0.25) is 4.79 Å². The Labute approximate surface area is 207 Å². The lowest BCUT2D eigenvalue weighted by atomic mass is 10.1. The molecule has 0 radical (unpaired) electrons. The largest absolute Gasteiger partial charge is 0.453 e. The van der Waals surface area contributed by atoms with E-state index in [9.17, 15) is 13.2 Å². The van der Waals surface area contributed by atoms with Crippen LogP contribution in [0.4, 0.5) is 10.1 Å². The van der Waals surface area contributed by atoms with Gasteiger partial charge in [-0.1, -0.05) is 29.3 Å². The van der Waals surface area contributed by atoms with Crippen LogP contribution < -0.4 is 10.1 Å². The Hall–Kier alpha value is -2.64. The van der Waals surface area contributed by atoms with E-state index in [-0.39, 0.29) is 49.7 Å². The van der Waals surface area contributed by atoms with Crippen molar-refractivity contribution in [3.8, 4) is 17.6 Å². The van der Waals surface area contributed by atoms with Gasteiger partial charge in [0.15, 0.2) is 21.4 Å². The van der Waals surface area contributed by atoms with Crippen LogP contribution in [0.3, 0.4) is 0 Å². The molecule has 3 rings (SSSR count). The molecule has 11 heteroatoms. The number of hydrogen-bond donors (Lipinski definition) is 1. The zero-order chi connectivity index (χ0) is 24.3. The third-order valence-electron chi connectivity index (χ3n) is 4.34. The first-order valence-electron chi connectivity index (χ1n) is 9.13. The van der Waals surface area contributed by atoms with Crippen molar-refractivity contribution in [2.75, 3.05) is 11.6 Å². The van der Waals surface area contributed by atoms with E-state index in [1.54, 1.807) is 0 Å². The number of amides is 1. The van der Waals surface area contributed by atoms with Crippen molar-refractivity contribution >= 4 is 60.6 Å². The molecule has 0 fully saturated rings. The minimum Gasteiger partial charge on any atom is -0.453 e. The Morgan fingerprint density at radius 2 is 1.91 bits per heavy atom. The molecule has 1 N–H and O–H groups in total. The van der Waals surface area contributed by atoms with Gasteiger partial charge < -0.3 is 10.1 Å². The summed E-state index contributed by atoms with van der Waals surface area (Å²) < 4.78 is 44.3. The molecule has 3 aromatic carbocycles. The summed E-state index contributed by atoms with van der Waals surface area (Å²) >= 11 is 15.3. The summed E-state index contributed by atoms with van der Waals surface area (Å²) in [5.74, 6) is -1.39. The van der Waals surface area contributed by atoms with Gasteiger partial charge in [-0.2, -0.15) is 5.26 Å². The SMILES string of the molecule is CS(=O)(=O)c1ccc(NC(=O)Cc2ccc(Br)c(Oc3cc(Cl)cc(C#N)c3)c2F)c(Cl)c1. The minimum atomic E-state index is -3.46. The Morgan fingerprint density at radius 3 is 2.55 bits per heavy atom. The van der Waals surface area contributed by atoms with Crippen molar-refractivity contribution in [2.45, 2.75) is 11.3 Å². The van der Waals surface area contributed by atoms with Crippen LogP contribution in [0.5, 0.6) is 11.5 Å². The zero-order valence-electron chi connectivity index (χ0n) is 16.8. The van der Waals surface area contributed by atoms with Crippen LogP contribution in [0.25, 0.3) is 0 Å². The highest BCUT2D eigenvalue weighted by Crippen LogP contribution is 2.36. The van der Waals surface area contributed by atoms with Crippen LogP contribution in [0, 0.1) is 17.1 Å². The third kappa shape index (κ3) is 6.24. The highest BCUT2D eigenvalue weighted by molar-refractivity contribution is 9.10. The Morgan fingerprint density at radius 1 is 1.18 bits per heavy atom. The average molecular weight is 572 g/mol. The second kappa shape index (κ2) is 10.1. The Balaban J connectivity index is 1.82. The summed E-state index contributed by atoms with van der Waals surface area (Å²) in [6, 6.07) is 13.0. The number of nitrogens with one attached hydrogen (secondary N) is 1. The predicted molar refractivity (Wildman–Crippen MR) is 127 cm³/mol. The van der Waals surface area contributed by atoms with Crippen molar-refractivity contribution in [3.63, 3.8) is 0 Å². The van der Waals surface area contributed by atoms with Gasteiger partial charge in [0, 0.05) is 16.8 Å². The predicted octanol–water partition coefficient (Wildman–Crippen LogP) is 6.14. The maximum Gasteiger partial charge on any atom is 0.228 e. The van der Waals surface area contributed by atoms with E-state index in [1.165, 1.54) is 48.5 Å². The molecule has 0 unspecified atom stereocenters. The van der Waals surface area contributed by atoms with Gasteiger partial charge in [0.05, 0.1) is 38.1 Å². The van der Waals surface area contributed by atoms with Crippen molar-refractivity contribution in [3.05, 3.63) is 80.0 Å². The van der Waals surface area contributed by atoms with E-state index in [0.29, 0.717) is 4.47 Å². The number of benzene rings is 3. The highest BCUT2D eigenvalue weighted by atomic mass is 79.9. The molecule has 0 heterocycles. The number of anilines is 1. The fourth-order valence-electron chi connectivity index (χ4n) is 2.80. The second-order valence-electron chi connectivity index (χ2n) is 6.88. The van der Waals surface area contributed by atoms with Gasteiger partial charge in [0.25, 0.3) is 0 Å². The number of nitriles is 1. The number of carbonyl (C=O) groups excluding carboxylic acids is 1. The molecule has 0 saturated heterocycles. The number of halogens is 4. The van der Waals surface area contributed by atoms with Crippen LogP contribution in [0.1, 0.15) is 11.1 Å². The van der Waals surface area contributed by atoms with Gasteiger partial charge in [-0.25, -0.2) is 12.8 Å². The van der Waals surface area contributed by atoms with Crippen LogP contribution in [-0.2, 0) is 21.1 Å².